The second-order valence-corrected chi connectivity index (χ2v) is 5.75. The number of hydrogen-bond donors (Lipinski definition) is 1. The molecule has 0 aromatic heterocycles. The largest absolute Gasteiger partial charge is 0.489 e. The fraction of sp³-hybridized carbons (Fsp3) is 0.333. The lowest BCUT2D eigenvalue weighted by Crippen LogP contribution is -2.26. The second kappa shape index (κ2) is 5.51. The van der Waals surface area contributed by atoms with Crippen LogP contribution in [0, 0.1) is 0 Å². The first-order chi connectivity index (χ1) is 10.4. The molecule has 108 valence electrons. The van der Waals surface area contributed by atoms with Gasteiger partial charge in [0.2, 0.25) is 0 Å². The first kappa shape index (κ1) is 12.9. The van der Waals surface area contributed by atoms with Crippen molar-refractivity contribution < 1.29 is 9.47 Å². The van der Waals surface area contributed by atoms with E-state index < -0.39 is 0 Å². The minimum Gasteiger partial charge on any atom is -0.489 e. The van der Waals surface area contributed by atoms with Gasteiger partial charge in [0.15, 0.2) is 0 Å². The fourth-order valence-corrected chi connectivity index (χ4v) is 3.24. The third-order valence-electron chi connectivity index (χ3n) is 4.37. The highest BCUT2D eigenvalue weighted by Crippen LogP contribution is 2.35. The molecule has 1 N–H and O–H groups in total. The lowest BCUT2D eigenvalue weighted by molar-refractivity contribution is 0.0297. The predicted octanol–water partition coefficient (Wildman–Crippen LogP) is 2.85. The first-order valence-electron chi connectivity index (χ1n) is 7.52. The van der Waals surface area contributed by atoms with Crippen molar-refractivity contribution in [2.45, 2.75) is 25.2 Å². The van der Waals surface area contributed by atoms with Crippen molar-refractivity contribution in [1.29, 1.82) is 0 Å². The van der Waals surface area contributed by atoms with Crippen LogP contribution in [0.2, 0.25) is 0 Å². The number of benzene rings is 2. The van der Waals surface area contributed by atoms with Crippen molar-refractivity contribution in [3.05, 3.63) is 65.2 Å². The van der Waals surface area contributed by atoms with Crippen molar-refractivity contribution in [2.75, 3.05) is 13.1 Å². The molecule has 4 rings (SSSR count). The quantitative estimate of drug-likeness (QED) is 0.938. The lowest BCUT2D eigenvalue weighted by Gasteiger charge is -2.28. The summed E-state index contributed by atoms with van der Waals surface area (Å²) in [4.78, 5) is 0. The molecule has 2 atom stereocenters. The SMILES string of the molecule is c1ccc(COc2ccc3c(c2)COC2CNCC32)cc1. The van der Waals surface area contributed by atoms with Crippen LogP contribution >= 0.6 is 0 Å². The molecule has 3 nitrogen and oxygen atoms in total. The Hall–Kier alpha value is -1.84. The van der Waals surface area contributed by atoms with Gasteiger partial charge in [0.25, 0.3) is 0 Å². The van der Waals surface area contributed by atoms with Crippen molar-refractivity contribution in [3.8, 4) is 5.75 Å². The molecule has 2 unspecified atom stereocenters. The molecule has 2 heterocycles. The van der Waals surface area contributed by atoms with E-state index in [1.807, 2.05) is 18.2 Å². The predicted molar refractivity (Wildman–Crippen MR) is 81.4 cm³/mol. The van der Waals surface area contributed by atoms with Crippen molar-refractivity contribution >= 4 is 0 Å². The van der Waals surface area contributed by atoms with Crippen molar-refractivity contribution in [2.24, 2.45) is 0 Å². The number of fused-ring (bicyclic) bond motifs is 3. The highest BCUT2D eigenvalue weighted by atomic mass is 16.5. The van der Waals surface area contributed by atoms with E-state index in [0.29, 0.717) is 25.2 Å². The Kier molecular flexibility index (Phi) is 3.37. The van der Waals surface area contributed by atoms with Gasteiger partial charge in [-0.05, 0) is 28.8 Å². The van der Waals surface area contributed by atoms with Crippen molar-refractivity contribution in [1.82, 2.24) is 5.32 Å². The van der Waals surface area contributed by atoms with Crippen LogP contribution in [0.1, 0.15) is 22.6 Å². The molecule has 0 saturated carbocycles. The maximum Gasteiger partial charge on any atom is 0.120 e. The fourth-order valence-electron chi connectivity index (χ4n) is 3.24. The molecular formula is C18H19NO2. The molecule has 2 aromatic carbocycles. The van der Waals surface area contributed by atoms with E-state index in [1.165, 1.54) is 16.7 Å². The van der Waals surface area contributed by atoms with Crippen molar-refractivity contribution in [3.63, 3.8) is 0 Å². The molecule has 3 heteroatoms. The Balaban J connectivity index is 1.51. The zero-order chi connectivity index (χ0) is 14.1. The van der Waals surface area contributed by atoms with E-state index in [2.05, 4.69) is 35.6 Å². The third kappa shape index (κ3) is 2.55. The van der Waals surface area contributed by atoms with Gasteiger partial charge in [-0.1, -0.05) is 36.4 Å². The number of ether oxygens (including phenoxy) is 2. The van der Waals surface area contributed by atoms with Gasteiger partial charge >= 0.3 is 0 Å². The van der Waals surface area contributed by atoms with Gasteiger partial charge in [-0.25, -0.2) is 0 Å². The third-order valence-corrected chi connectivity index (χ3v) is 4.37. The average Bonchev–Trinajstić information content (AvgIpc) is 3.02. The van der Waals surface area contributed by atoms with Gasteiger partial charge < -0.3 is 14.8 Å². The maximum absolute atomic E-state index is 5.93. The summed E-state index contributed by atoms with van der Waals surface area (Å²) in [7, 11) is 0. The van der Waals surface area contributed by atoms with E-state index in [-0.39, 0.29) is 0 Å². The molecule has 0 aliphatic carbocycles. The van der Waals surface area contributed by atoms with Gasteiger partial charge in [-0.3, -0.25) is 0 Å². The Morgan fingerprint density at radius 2 is 2.00 bits per heavy atom. The topological polar surface area (TPSA) is 30.5 Å². The van der Waals surface area contributed by atoms with E-state index in [1.54, 1.807) is 0 Å². The second-order valence-electron chi connectivity index (χ2n) is 5.75. The van der Waals surface area contributed by atoms with E-state index in [9.17, 15) is 0 Å². The zero-order valence-electron chi connectivity index (χ0n) is 11.9. The van der Waals surface area contributed by atoms with Crippen LogP contribution in [0.5, 0.6) is 5.75 Å². The average molecular weight is 281 g/mol. The maximum atomic E-state index is 5.93. The summed E-state index contributed by atoms with van der Waals surface area (Å²) in [6.45, 7) is 3.28. The Labute approximate surface area is 124 Å². The normalized spacial score (nSPS) is 23.4. The minimum absolute atomic E-state index is 0.341. The van der Waals surface area contributed by atoms with Crippen LogP contribution in [0.4, 0.5) is 0 Å². The summed E-state index contributed by atoms with van der Waals surface area (Å²) in [6.07, 6.45) is 0.341. The van der Waals surface area contributed by atoms with Gasteiger partial charge in [-0.15, -0.1) is 0 Å². The number of rotatable bonds is 3. The molecule has 0 amide bonds. The Bertz CT molecular complexity index is 626. The summed E-state index contributed by atoms with van der Waals surface area (Å²) >= 11 is 0. The molecular weight excluding hydrogens is 262 g/mol. The van der Waals surface area contributed by atoms with E-state index in [0.717, 1.165) is 18.8 Å². The zero-order valence-corrected chi connectivity index (χ0v) is 11.9. The summed E-state index contributed by atoms with van der Waals surface area (Å²) in [5, 5.41) is 3.41. The van der Waals surface area contributed by atoms with E-state index in [4.69, 9.17) is 9.47 Å². The molecule has 0 bridgehead atoms. The summed E-state index contributed by atoms with van der Waals surface area (Å²) in [5.41, 5.74) is 3.88. The number of nitrogens with one attached hydrogen (secondary N) is 1. The summed E-state index contributed by atoms with van der Waals surface area (Å²) in [6, 6.07) is 16.7. The van der Waals surface area contributed by atoms with Gasteiger partial charge in [-0.2, -0.15) is 0 Å². The molecule has 0 radical (unpaired) electrons. The monoisotopic (exact) mass is 281 g/mol. The number of hydrogen-bond acceptors (Lipinski definition) is 3. The highest BCUT2D eigenvalue weighted by Gasteiger charge is 2.34. The first-order valence-corrected chi connectivity index (χ1v) is 7.52. The smallest absolute Gasteiger partial charge is 0.120 e. The Morgan fingerprint density at radius 3 is 2.90 bits per heavy atom. The van der Waals surface area contributed by atoms with Gasteiger partial charge in [0.1, 0.15) is 12.4 Å². The minimum atomic E-state index is 0.341. The molecule has 2 aromatic rings. The van der Waals surface area contributed by atoms with Gasteiger partial charge in [0.05, 0.1) is 12.7 Å². The van der Waals surface area contributed by atoms with Gasteiger partial charge in [0, 0.05) is 19.0 Å². The summed E-state index contributed by atoms with van der Waals surface area (Å²) in [5.74, 6) is 1.42. The van der Waals surface area contributed by atoms with Crippen LogP contribution in [0.25, 0.3) is 0 Å². The van der Waals surface area contributed by atoms with E-state index >= 15 is 0 Å². The molecule has 21 heavy (non-hydrogen) atoms. The van der Waals surface area contributed by atoms with Crippen LogP contribution in [0.3, 0.4) is 0 Å². The van der Waals surface area contributed by atoms with Crippen LogP contribution in [-0.4, -0.2) is 19.2 Å². The standard InChI is InChI=1S/C18H19NO2/c1-2-4-13(5-3-1)11-20-15-6-7-16-14(8-15)12-21-18-10-19-9-17(16)18/h1-8,17-19H,9-12H2. The highest BCUT2D eigenvalue weighted by molar-refractivity contribution is 5.40. The van der Waals surface area contributed by atoms with Crippen LogP contribution < -0.4 is 10.1 Å². The molecule has 2 aliphatic heterocycles. The lowest BCUT2D eigenvalue weighted by atomic mass is 9.89. The van der Waals surface area contributed by atoms with Crippen LogP contribution in [0.15, 0.2) is 48.5 Å². The molecule has 1 saturated heterocycles. The van der Waals surface area contributed by atoms with Crippen LogP contribution in [-0.2, 0) is 18.0 Å². The molecule has 0 spiro atoms. The molecule has 2 aliphatic rings. The Morgan fingerprint density at radius 1 is 1.10 bits per heavy atom. The summed E-state index contributed by atoms with van der Waals surface area (Å²) < 4.78 is 11.8. The molecule has 1 fully saturated rings.